The molecule has 4 aromatic rings. The summed E-state index contributed by atoms with van der Waals surface area (Å²) in [5.74, 6) is -1.33. The molecule has 10 heteroatoms. The minimum Gasteiger partial charge on any atom is -0.481 e. The van der Waals surface area contributed by atoms with Crippen molar-refractivity contribution in [2.45, 2.75) is 38.6 Å². The lowest BCUT2D eigenvalue weighted by molar-refractivity contribution is -0.148. The number of carbonyl (C=O) groups is 1. The first-order valence-electron chi connectivity index (χ1n) is 11.4. The molecular formula is C24H23FN6O2S. The van der Waals surface area contributed by atoms with E-state index in [2.05, 4.69) is 30.2 Å². The van der Waals surface area contributed by atoms with Gasteiger partial charge >= 0.3 is 5.97 Å². The highest BCUT2D eigenvalue weighted by Gasteiger charge is 2.47. The fraction of sp³-hybridized carbons (Fsp3) is 0.375. The Bertz CT molecular complexity index is 1380. The molecule has 3 N–H and O–H groups in total. The zero-order chi connectivity index (χ0) is 23.4. The van der Waals surface area contributed by atoms with Gasteiger partial charge in [0.05, 0.1) is 28.2 Å². The number of nitrogens with zero attached hydrogens (tertiary/aromatic N) is 4. The monoisotopic (exact) mass is 478 g/mol. The quantitative estimate of drug-likeness (QED) is 0.374. The number of nitrogens with one attached hydrogen (secondary N) is 2. The molecule has 4 heterocycles. The lowest BCUT2D eigenvalue weighted by Crippen LogP contribution is -2.51. The van der Waals surface area contributed by atoms with Crippen molar-refractivity contribution in [1.29, 1.82) is 0 Å². The molecule has 0 aromatic carbocycles. The van der Waals surface area contributed by atoms with Crippen LogP contribution in [-0.2, 0) is 4.79 Å². The number of thiophene rings is 1. The van der Waals surface area contributed by atoms with E-state index in [4.69, 9.17) is 0 Å². The van der Waals surface area contributed by atoms with E-state index in [0.717, 1.165) is 31.4 Å². The van der Waals surface area contributed by atoms with E-state index in [1.54, 1.807) is 12.4 Å². The molecule has 7 rings (SSSR count). The van der Waals surface area contributed by atoms with Gasteiger partial charge in [0, 0.05) is 12.2 Å². The van der Waals surface area contributed by atoms with Gasteiger partial charge in [-0.1, -0.05) is 6.07 Å². The number of hydrogen-bond acceptors (Lipinski definition) is 7. The third kappa shape index (κ3) is 3.44. The molecule has 0 spiro atoms. The molecule has 2 atom stereocenters. The highest BCUT2D eigenvalue weighted by Crippen LogP contribution is 2.46. The molecule has 0 aliphatic heterocycles. The van der Waals surface area contributed by atoms with Crippen LogP contribution in [0, 0.1) is 30.5 Å². The average molecular weight is 479 g/mol. The van der Waals surface area contributed by atoms with Crippen molar-refractivity contribution in [2.24, 2.45) is 17.8 Å². The zero-order valence-corrected chi connectivity index (χ0v) is 19.3. The molecule has 0 radical (unpaired) electrons. The number of rotatable bonds is 5. The number of fused-ring (bicyclic) bond motifs is 4. The molecule has 8 nitrogen and oxygen atoms in total. The second kappa shape index (κ2) is 8.12. The van der Waals surface area contributed by atoms with Gasteiger partial charge in [-0.2, -0.15) is 0 Å². The topological polar surface area (TPSA) is 117 Å². The maximum Gasteiger partial charge on any atom is 0.308 e. The summed E-state index contributed by atoms with van der Waals surface area (Å²) >= 11 is 1.39. The van der Waals surface area contributed by atoms with E-state index in [1.165, 1.54) is 11.3 Å². The Balaban J connectivity index is 1.49. The van der Waals surface area contributed by atoms with Crippen LogP contribution >= 0.6 is 11.3 Å². The molecule has 0 saturated heterocycles. The molecule has 3 aliphatic carbocycles. The summed E-state index contributed by atoms with van der Waals surface area (Å²) in [5.41, 5.74) is 2.75. The third-order valence-corrected chi connectivity index (χ3v) is 8.03. The van der Waals surface area contributed by atoms with Crippen LogP contribution in [0.1, 0.15) is 31.4 Å². The van der Waals surface area contributed by atoms with Crippen LogP contribution in [0.5, 0.6) is 0 Å². The van der Waals surface area contributed by atoms with Gasteiger partial charge in [-0.3, -0.25) is 4.79 Å². The Morgan fingerprint density at radius 1 is 1.21 bits per heavy atom. The van der Waals surface area contributed by atoms with Gasteiger partial charge in [0.25, 0.3) is 0 Å². The van der Waals surface area contributed by atoms with Gasteiger partial charge < -0.3 is 15.4 Å². The molecule has 34 heavy (non-hydrogen) atoms. The minimum absolute atomic E-state index is 0.0344. The van der Waals surface area contributed by atoms with Crippen molar-refractivity contribution >= 4 is 34.3 Å². The zero-order valence-electron chi connectivity index (χ0n) is 18.5. The normalized spacial score (nSPS) is 23.9. The van der Waals surface area contributed by atoms with Crippen LogP contribution in [0.25, 0.3) is 33.1 Å². The van der Waals surface area contributed by atoms with Gasteiger partial charge in [0.15, 0.2) is 23.1 Å². The second-order valence-electron chi connectivity index (χ2n) is 9.16. The number of carboxylic acids is 1. The van der Waals surface area contributed by atoms with Crippen molar-refractivity contribution in [1.82, 2.24) is 24.9 Å². The van der Waals surface area contributed by atoms with Gasteiger partial charge in [-0.15, -0.1) is 11.3 Å². The first-order chi connectivity index (χ1) is 16.5. The first-order valence-corrected chi connectivity index (χ1v) is 12.3. The maximum atomic E-state index is 15.8. The Labute approximate surface area is 198 Å². The summed E-state index contributed by atoms with van der Waals surface area (Å²) in [4.78, 5) is 34.0. The summed E-state index contributed by atoms with van der Waals surface area (Å²) in [7, 11) is 0. The number of anilines is 1. The van der Waals surface area contributed by atoms with Crippen LogP contribution in [0.15, 0.2) is 29.9 Å². The van der Waals surface area contributed by atoms with E-state index in [9.17, 15) is 9.90 Å². The standard InChI is InChI=1S/C24H23FN6O2S/c1-11-9-26-23-19(28-11)14(10-27-23)21-30-20(15-3-2-8-34-15)17(25)22(31-21)29-18-13-6-4-12(5-7-13)16(18)24(32)33/h2-3,8-10,12-13,16,18H,4-7H2,1H3,(H,26,27)(H,32,33)(H,29,30,31). The number of carboxylic acid groups (broad SMARTS) is 1. The van der Waals surface area contributed by atoms with Crippen LogP contribution < -0.4 is 5.32 Å². The average Bonchev–Trinajstić information content (AvgIpc) is 3.51. The van der Waals surface area contributed by atoms with Crippen LogP contribution in [0.3, 0.4) is 0 Å². The lowest BCUT2D eigenvalue weighted by Gasteiger charge is -2.47. The fourth-order valence-electron chi connectivity index (χ4n) is 5.56. The molecule has 2 bridgehead atoms. The summed E-state index contributed by atoms with van der Waals surface area (Å²) in [5, 5.41) is 15.0. The van der Waals surface area contributed by atoms with Crippen LogP contribution in [0.4, 0.5) is 10.2 Å². The Morgan fingerprint density at radius 2 is 2.00 bits per heavy atom. The van der Waals surface area contributed by atoms with Crippen molar-refractivity contribution in [3.05, 3.63) is 41.4 Å². The predicted octanol–water partition coefficient (Wildman–Crippen LogP) is 4.89. The van der Waals surface area contributed by atoms with Crippen LogP contribution in [-0.4, -0.2) is 42.0 Å². The van der Waals surface area contributed by atoms with Gasteiger partial charge in [-0.25, -0.2) is 24.3 Å². The van der Waals surface area contributed by atoms with Crippen LogP contribution in [0.2, 0.25) is 0 Å². The van der Waals surface area contributed by atoms with Gasteiger partial charge in [-0.05, 0) is 55.9 Å². The molecule has 2 unspecified atom stereocenters. The number of hydrogen-bond donors (Lipinski definition) is 3. The number of aryl methyl sites for hydroxylation is 1. The summed E-state index contributed by atoms with van der Waals surface area (Å²) in [6.07, 6.45) is 7.10. The minimum atomic E-state index is -0.831. The SMILES string of the molecule is Cc1cnc2[nH]cc(-c3nc(NC4C5CCC(CC5)C4C(=O)O)c(F)c(-c4cccs4)n3)c2n1. The van der Waals surface area contributed by atoms with Crippen molar-refractivity contribution in [3.8, 4) is 22.0 Å². The molecule has 3 aliphatic rings. The largest absolute Gasteiger partial charge is 0.481 e. The summed E-state index contributed by atoms with van der Waals surface area (Å²) < 4.78 is 15.8. The molecule has 3 fully saturated rings. The summed E-state index contributed by atoms with van der Waals surface area (Å²) in [6.45, 7) is 1.85. The third-order valence-electron chi connectivity index (χ3n) is 7.16. The number of H-pyrrole nitrogens is 1. The summed E-state index contributed by atoms with van der Waals surface area (Å²) in [6, 6.07) is 3.28. The second-order valence-corrected chi connectivity index (χ2v) is 10.1. The van der Waals surface area contributed by atoms with Crippen molar-refractivity contribution in [3.63, 3.8) is 0 Å². The Hall–Kier alpha value is -3.40. The van der Waals surface area contributed by atoms with E-state index in [-0.39, 0.29) is 29.4 Å². The number of aromatic nitrogens is 5. The number of halogens is 1. The highest BCUT2D eigenvalue weighted by molar-refractivity contribution is 7.13. The molecular weight excluding hydrogens is 455 g/mol. The lowest BCUT2D eigenvalue weighted by atomic mass is 9.61. The molecule has 3 saturated carbocycles. The van der Waals surface area contributed by atoms with E-state index >= 15 is 4.39 Å². The van der Waals surface area contributed by atoms with Crippen molar-refractivity contribution < 1.29 is 14.3 Å². The molecule has 4 aromatic heterocycles. The predicted molar refractivity (Wildman–Crippen MR) is 127 cm³/mol. The highest BCUT2D eigenvalue weighted by atomic mass is 32.1. The van der Waals surface area contributed by atoms with Gasteiger partial charge in [0.1, 0.15) is 11.2 Å². The van der Waals surface area contributed by atoms with E-state index < -0.39 is 17.7 Å². The van der Waals surface area contributed by atoms with E-state index in [0.29, 0.717) is 27.4 Å². The number of aromatic amines is 1. The maximum absolute atomic E-state index is 15.8. The Kier molecular flexibility index (Phi) is 5.05. The number of aliphatic carboxylic acids is 1. The fourth-order valence-corrected chi connectivity index (χ4v) is 6.27. The first kappa shape index (κ1) is 21.2. The Morgan fingerprint density at radius 3 is 2.74 bits per heavy atom. The van der Waals surface area contributed by atoms with E-state index in [1.807, 2.05) is 24.4 Å². The molecule has 174 valence electrons. The van der Waals surface area contributed by atoms with Crippen molar-refractivity contribution in [2.75, 3.05) is 5.32 Å². The molecule has 0 amide bonds. The smallest absolute Gasteiger partial charge is 0.308 e. The van der Waals surface area contributed by atoms with Gasteiger partial charge in [0.2, 0.25) is 0 Å².